The Hall–Kier alpha value is -1.75. The molecule has 0 N–H and O–H groups in total. The number of aromatic nitrogens is 2. The summed E-state index contributed by atoms with van der Waals surface area (Å²) in [7, 11) is 0. The Bertz CT molecular complexity index is 778. The van der Waals surface area contributed by atoms with Gasteiger partial charge in [0.2, 0.25) is 0 Å². The molecule has 5 heteroatoms. The summed E-state index contributed by atoms with van der Waals surface area (Å²) in [6, 6.07) is 10.3. The molecule has 1 saturated carbocycles. The first-order valence-electron chi connectivity index (χ1n) is 11.9. The molecule has 0 amide bonds. The second-order valence-electron chi connectivity index (χ2n) is 9.38. The lowest BCUT2D eigenvalue weighted by atomic mass is 9.75. The monoisotopic (exact) mass is 442 g/mol. The minimum absolute atomic E-state index is 0.0271. The molecule has 31 heavy (non-hydrogen) atoms. The van der Waals surface area contributed by atoms with Crippen LogP contribution in [0.15, 0.2) is 53.9 Å². The molecule has 5 atom stereocenters. The molecule has 0 bridgehead atoms. The van der Waals surface area contributed by atoms with Crippen molar-refractivity contribution in [1.29, 1.82) is 0 Å². The maximum absolute atomic E-state index is 13.5. The number of carbonyl (C=O) groups excluding carboxylic acids is 1. The van der Waals surface area contributed by atoms with Crippen LogP contribution in [0.5, 0.6) is 0 Å². The summed E-state index contributed by atoms with van der Waals surface area (Å²) in [6.45, 7) is 8.99. The predicted molar refractivity (Wildman–Crippen MR) is 128 cm³/mol. The van der Waals surface area contributed by atoms with Crippen molar-refractivity contribution in [3.63, 3.8) is 0 Å². The molecule has 170 valence electrons. The van der Waals surface area contributed by atoms with E-state index in [1.807, 2.05) is 18.2 Å². The lowest BCUT2D eigenvalue weighted by Crippen LogP contribution is -2.38. The zero-order valence-electron chi connectivity index (χ0n) is 19.4. The number of carbonyl (C=O) groups is 1. The average Bonchev–Trinajstić information content (AvgIpc) is 3.28. The summed E-state index contributed by atoms with van der Waals surface area (Å²) in [5.74, 6) is 1.52. The Morgan fingerprint density at radius 1 is 1.23 bits per heavy atom. The molecule has 2 heterocycles. The second-order valence-corrected chi connectivity index (χ2v) is 10.6. The number of esters is 1. The summed E-state index contributed by atoms with van der Waals surface area (Å²) < 4.78 is 8.51. The standard InChI is InChI=1S/C26H38N2O2S/c1-5-10-21(28-15-8-9-16-28)18-24(31-25-11-6-7-14-27-25)26(29)30-23-17-20(4)12-13-22(23)19(2)3/h6-9,11,14-16,19-24H,5,10,12-13,17-18H2,1-4H3/t20-,21-,22+,23-,24+/m1/s1. The predicted octanol–water partition coefficient (Wildman–Crippen LogP) is 6.78. The van der Waals surface area contributed by atoms with Crippen LogP contribution in [0.1, 0.15) is 72.3 Å². The molecule has 0 radical (unpaired) electrons. The average molecular weight is 443 g/mol. The van der Waals surface area contributed by atoms with Gasteiger partial charge < -0.3 is 9.30 Å². The number of rotatable bonds is 10. The Kier molecular flexibility index (Phi) is 9.06. The number of nitrogens with zero attached hydrogens (tertiary/aromatic N) is 2. The minimum atomic E-state index is -0.265. The fraction of sp³-hybridized carbons (Fsp3) is 0.615. The van der Waals surface area contributed by atoms with Gasteiger partial charge >= 0.3 is 5.97 Å². The molecule has 2 aromatic rings. The van der Waals surface area contributed by atoms with E-state index in [0.29, 0.717) is 17.8 Å². The van der Waals surface area contributed by atoms with Crippen LogP contribution >= 0.6 is 11.8 Å². The van der Waals surface area contributed by atoms with Crippen LogP contribution in [0, 0.1) is 17.8 Å². The van der Waals surface area contributed by atoms with Gasteiger partial charge in [-0.3, -0.25) is 4.79 Å². The highest BCUT2D eigenvalue weighted by atomic mass is 32.2. The zero-order chi connectivity index (χ0) is 22.2. The summed E-state index contributed by atoms with van der Waals surface area (Å²) in [4.78, 5) is 18.0. The van der Waals surface area contributed by atoms with Gasteiger partial charge in [0.1, 0.15) is 11.4 Å². The van der Waals surface area contributed by atoms with Gasteiger partial charge in [-0.25, -0.2) is 4.98 Å². The van der Waals surface area contributed by atoms with Crippen molar-refractivity contribution in [1.82, 2.24) is 9.55 Å². The van der Waals surface area contributed by atoms with E-state index in [2.05, 4.69) is 61.8 Å². The van der Waals surface area contributed by atoms with E-state index in [4.69, 9.17) is 4.74 Å². The molecule has 0 saturated heterocycles. The van der Waals surface area contributed by atoms with Gasteiger partial charge in [-0.05, 0) is 67.7 Å². The van der Waals surface area contributed by atoms with E-state index in [9.17, 15) is 4.79 Å². The first-order valence-corrected chi connectivity index (χ1v) is 12.8. The molecule has 2 aromatic heterocycles. The fourth-order valence-electron chi connectivity index (χ4n) is 4.79. The lowest BCUT2D eigenvalue weighted by Gasteiger charge is -2.37. The first kappa shape index (κ1) is 23.9. The van der Waals surface area contributed by atoms with E-state index >= 15 is 0 Å². The van der Waals surface area contributed by atoms with Gasteiger partial charge in [-0.2, -0.15) is 0 Å². The highest BCUT2D eigenvalue weighted by Crippen LogP contribution is 2.37. The molecule has 1 aliphatic rings. The molecule has 0 unspecified atom stereocenters. The SMILES string of the molecule is CCC[C@H](C[C@H](Sc1ccccn1)C(=O)O[C@@H]1C[C@H](C)CC[C@H]1C(C)C)n1cccc1. The van der Waals surface area contributed by atoms with Gasteiger partial charge in [0.25, 0.3) is 0 Å². The minimum Gasteiger partial charge on any atom is -0.461 e. The summed E-state index contributed by atoms with van der Waals surface area (Å²) in [6.07, 6.45) is 12.2. The first-order chi connectivity index (χ1) is 15.0. The largest absolute Gasteiger partial charge is 0.461 e. The van der Waals surface area contributed by atoms with E-state index in [0.717, 1.165) is 37.1 Å². The Balaban J connectivity index is 1.78. The topological polar surface area (TPSA) is 44.1 Å². The van der Waals surface area contributed by atoms with E-state index in [1.54, 1.807) is 18.0 Å². The molecule has 0 spiro atoms. The van der Waals surface area contributed by atoms with Crippen LogP contribution in [-0.2, 0) is 9.53 Å². The maximum atomic E-state index is 13.5. The van der Waals surface area contributed by atoms with Gasteiger partial charge in [0, 0.05) is 24.6 Å². The van der Waals surface area contributed by atoms with Crippen LogP contribution in [0.25, 0.3) is 0 Å². The normalized spacial score (nSPS) is 23.5. The summed E-state index contributed by atoms with van der Waals surface area (Å²) in [5, 5.41) is 0.614. The van der Waals surface area contributed by atoms with Crippen molar-refractivity contribution in [3.8, 4) is 0 Å². The van der Waals surface area contributed by atoms with Crippen LogP contribution in [0.2, 0.25) is 0 Å². The number of ether oxygens (including phenoxy) is 1. The molecule has 1 fully saturated rings. The summed E-state index contributed by atoms with van der Waals surface area (Å²) >= 11 is 1.55. The highest BCUT2D eigenvalue weighted by molar-refractivity contribution is 8.00. The van der Waals surface area contributed by atoms with Crippen LogP contribution in [0.3, 0.4) is 0 Å². The van der Waals surface area contributed by atoms with Crippen molar-refractivity contribution in [2.75, 3.05) is 0 Å². The lowest BCUT2D eigenvalue weighted by molar-refractivity contribution is -0.155. The Labute approximate surface area is 192 Å². The molecule has 0 aliphatic heterocycles. The third-order valence-electron chi connectivity index (χ3n) is 6.55. The third-order valence-corrected chi connectivity index (χ3v) is 7.70. The highest BCUT2D eigenvalue weighted by Gasteiger charge is 2.36. The van der Waals surface area contributed by atoms with Crippen molar-refractivity contribution in [2.45, 2.75) is 88.6 Å². The van der Waals surface area contributed by atoms with Gasteiger partial charge in [0.05, 0.1) is 5.03 Å². The third kappa shape index (κ3) is 6.86. The van der Waals surface area contributed by atoms with Crippen molar-refractivity contribution < 1.29 is 9.53 Å². The van der Waals surface area contributed by atoms with Crippen molar-refractivity contribution in [2.24, 2.45) is 17.8 Å². The molecule has 4 nitrogen and oxygen atoms in total. The van der Waals surface area contributed by atoms with Crippen molar-refractivity contribution in [3.05, 3.63) is 48.9 Å². The fourth-order valence-corrected chi connectivity index (χ4v) is 5.83. The second kappa shape index (κ2) is 11.8. The molecule has 0 aromatic carbocycles. The molecule has 1 aliphatic carbocycles. The maximum Gasteiger partial charge on any atom is 0.319 e. The number of pyridine rings is 1. The Morgan fingerprint density at radius 3 is 2.65 bits per heavy atom. The van der Waals surface area contributed by atoms with E-state index in [1.165, 1.54) is 6.42 Å². The van der Waals surface area contributed by atoms with Crippen LogP contribution in [-0.4, -0.2) is 26.9 Å². The van der Waals surface area contributed by atoms with Crippen LogP contribution in [0.4, 0.5) is 0 Å². The van der Waals surface area contributed by atoms with Crippen LogP contribution < -0.4 is 0 Å². The van der Waals surface area contributed by atoms with Gasteiger partial charge in [0.15, 0.2) is 0 Å². The van der Waals surface area contributed by atoms with E-state index in [-0.39, 0.29) is 23.4 Å². The Morgan fingerprint density at radius 2 is 2.00 bits per heavy atom. The number of hydrogen-bond donors (Lipinski definition) is 0. The van der Waals surface area contributed by atoms with Gasteiger partial charge in [-0.1, -0.05) is 58.4 Å². The van der Waals surface area contributed by atoms with Gasteiger partial charge in [-0.15, -0.1) is 0 Å². The van der Waals surface area contributed by atoms with E-state index < -0.39 is 0 Å². The zero-order valence-corrected chi connectivity index (χ0v) is 20.3. The number of hydrogen-bond acceptors (Lipinski definition) is 4. The quantitative estimate of drug-likeness (QED) is 0.300. The molecular weight excluding hydrogens is 404 g/mol. The molecule has 3 rings (SSSR count). The molecular formula is C26H38N2O2S. The van der Waals surface area contributed by atoms with Crippen molar-refractivity contribution >= 4 is 17.7 Å². The smallest absolute Gasteiger partial charge is 0.319 e. The number of thioether (sulfide) groups is 1. The summed E-state index contributed by atoms with van der Waals surface area (Å²) in [5.41, 5.74) is 0.